The van der Waals surface area contributed by atoms with Crippen molar-refractivity contribution in [3.63, 3.8) is 0 Å². The van der Waals surface area contributed by atoms with Crippen LogP contribution in [0.1, 0.15) is 10.4 Å². The van der Waals surface area contributed by atoms with Crippen molar-refractivity contribution in [3.05, 3.63) is 57.2 Å². The average molecular weight is 363 g/mol. The van der Waals surface area contributed by atoms with Gasteiger partial charge < -0.3 is 15.0 Å². The second kappa shape index (κ2) is 7.45. The minimum atomic E-state index is -0.614. The summed E-state index contributed by atoms with van der Waals surface area (Å²) in [4.78, 5) is 29.4. The number of nitro groups is 1. The van der Waals surface area contributed by atoms with Crippen LogP contribution in [-0.2, 0) is 4.74 Å². The molecule has 0 saturated carbocycles. The molecular formula is C16H15ClN4O4. The predicted octanol–water partition coefficient (Wildman–Crippen LogP) is 2.73. The summed E-state index contributed by atoms with van der Waals surface area (Å²) < 4.78 is 5.32. The summed E-state index contributed by atoms with van der Waals surface area (Å²) in [7, 11) is 0. The van der Waals surface area contributed by atoms with E-state index in [1.165, 1.54) is 18.2 Å². The van der Waals surface area contributed by atoms with Gasteiger partial charge in [-0.1, -0.05) is 11.6 Å². The Balaban J connectivity index is 1.89. The van der Waals surface area contributed by atoms with E-state index in [4.69, 9.17) is 16.3 Å². The first-order chi connectivity index (χ1) is 12.1. The third-order valence-electron chi connectivity index (χ3n) is 3.75. The van der Waals surface area contributed by atoms with Crippen LogP contribution in [0.2, 0.25) is 5.02 Å². The molecule has 8 nitrogen and oxygen atoms in total. The number of amides is 1. The van der Waals surface area contributed by atoms with Crippen molar-refractivity contribution in [3.8, 4) is 0 Å². The number of rotatable bonds is 4. The Morgan fingerprint density at radius 1 is 1.32 bits per heavy atom. The lowest BCUT2D eigenvalue weighted by Gasteiger charge is -2.29. The van der Waals surface area contributed by atoms with Gasteiger partial charge in [0.05, 0.1) is 23.8 Å². The second-order valence-electron chi connectivity index (χ2n) is 5.35. The molecule has 1 aliphatic heterocycles. The van der Waals surface area contributed by atoms with Crippen molar-refractivity contribution in [2.75, 3.05) is 36.5 Å². The highest BCUT2D eigenvalue weighted by Crippen LogP contribution is 2.27. The second-order valence-corrected chi connectivity index (χ2v) is 5.78. The SMILES string of the molecule is O=C(Nc1cccnc1N1CCOCC1)c1cc(Cl)ccc1[N+](=O)[O-]. The number of nitrogens with one attached hydrogen (secondary N) is 1. The summed E-state index contributed by atoms with van der Waals surface area (Å²) in [6, 6.07) is 7.25. The van der Waals surface area contributed by atoms with Crippen molar-refractivity contribution >= 4 is 34.7 Å². The molecule has 1 fully saturated rings. The molecule has 1 N–H and O–H groups in total. The van der Waals surface area contributed by atoms with Gasteiger partial charge in [0.2, 0.25) is 0 Å². The number of carbonyl (C=O) groups excluding carboxylic acids is 1. The van der Waals surface area contributed by atoms with Crippen LogP contribution in [0.5, 0.6) is 0 Å². The number of carbonyl (C=O) groups is 1. The van der Waals surface area contributed by atoms with E-state index in [-0.39, 0.29) is 16.3 Å². The Morgan fingerprint density at radius 3 is 2.80 bits per heavy atom. The topological polar surface area (TPSA) is 97.6 Å². The van der Waals surface area contributed by atoms with Gasteiger partial charge in [-0.05, 0) is 24.3 Å². The molecule has 0 bridgehead atoms. The van der Waals surface area contributed by atoms with Crippen LogP contribution >= 0.6 is 11.6 Å². The monoisotopic (exact) mass is 362 g/mol. The molecule has 2 aromatic rings. The number of hydrogen-bond donors (Lipinski definition) is 1. The Labute approximate surface area is 148 Å². The number of ether oxygens (including phenoxy) is 1. The maximum absolute atomic E-state index is 12.6. The van der Waals surface area contributed by atoms with E-state index >= 15 is 0 Å². The van der Waals surface area contributed by atoms with Gasteiger partial charge >= 0.3 is 0 Å². The van der Waals surface area contributed by atoms with Gasteiger partial charge in [-0.2, -0.15) is 0 Å². The molecule has 25 heavy (non-hydrogen) atoms. The smallest absolute Gasteiger partial charge is 0.282 e. The lowest BCUT2D eigenvalue weighted by Crippen LogP contribution is -2.37. The molecule has 130 valence electrons. The van der Waals surface area contributed by atoms with Gasteiger partial charge in [0.15, 0.2) is 5.82 Å². The first kappa shape index (κ1) is 17.1. The molecule has 0 unspecified atom stereocenters. The normalized spacial score (nSPS) is 14.2. The number of halogens is 1. The van der Waals surface area contributed by atoms with Gasteiger partial charge in [0.25, 0.3) is 11.6 Å². The van der Waals surface area contributed by atoms with Crippen LogP contribution in [0.3, 0.4) is 0 Å². The quantitative estimate of drug-likeness (QED) is 0.663. The largest absolute Gasteiger partial charge is 0.378 e. The number of hydrogen-bond acceptors (Lipinski definition) is 6. The lowest BCUT2D eigenvalue weighted by molar-refractivity contribution is -0.385. The Hall–Kier alpha value is -2.71. The summed E-state index contributed by atoms with van der Waals surface area (Å²) in [6.45, 7) is 2.45. The number of anilines is 2. The summed E-state index contributed by atoms with van der Waals surface area (Å²) in [5.41, 5.74) is 0.0664. The highest BCUT2D eigenvalue weighted by atomic mass is 35.5. The van der Waals surface area contributed by atoms with E-state index in [9.17, 15) is 14.9 Å². The van der Waals surface area contributed by atoms with Gasteiger partial charge in [0, 0.05) is 30.4 Å². The molecular weight excluding hydrogens is 348 g/mol. The summed E-state index contributed by atoms with van der Waals surface area (Å²) in [5, 5.41) is 14.1. The molecule has 1 aromatic heterocycles. The van der Waals surface area contributed by atoms with Gasteiger partial charge in [-0.25, -0.2) is 4.98 Å². The van der Waals surface area contributed by atoms with Crippen LogP contribution in [-0.4, -0.2) is 42.1 Å². The minimum absolute atomic E-state index is 0.103. The molecule has 9 heteroatoms. The average Bonchev–Trinajstić information content (AvgIpc) is 2.62. The minimum Gasteiger partial charge on any atom is -0.378 e. The fraction of sp³-hybridized carbons (Fsp3) is 0.250. The first-order valence-electron chi connectivity index (χ1n) is 7.59. The Bertz CT molecular complexity index is 808. The number of nitro benzene ring substituents is 1. The van der Waals surface area contributed by atoms with E-state index in [1.54, 1.807) is 18.3 Å². The molecule has 1 amide bonds. The number of aromatic nitrogens is 1. The van der Waals surface area contributed by atoms with Crippen molar-refractivity contribution in [2.24, 2.45) is 0 Å². The van der Waals surface area contributed by atoms with Crippen LogP contribution in [0.25, 0.3) is 0 Å². The zero-order chi connectivity index (χ0) is 17.8. The number of nitrogens with zero attached hydrogens (tertiary/aromatic N) is 3. The molecule has 0 spiro atoms. The molecule has 1 aromatic carbocycles. The summed E-state index contributed by atoms with van der Waals surface area (Å²) in [5.74, 6) is -0.0134. The number of benzene rings is 1. The standard InChI is InChI=1S/C16H15ClN4O4/c17-11-3-4-14(21(23)24)12(10-11)16(22)19-13-2-1-5-18-15(13)20-6-8-25-9-7-20/h1-5,10H,6-9H2,(H,19,22). The van der Waals surface area contributed by atoms with Crippen molar-refractivity contribution in [1.29, 1.82) is 0 Å². The molecule has 2 heterocycles. The zero-order valence-corrected chi connectivity index (χ0v) is 13.9. The molecule has 1 saturated heterocycles. The molecule has 0 radical (unpaired) electrons. The van der Waals surface area contributed by atoms with Crippen molar-refractivity contribution in [2.45, 2.75) is 0 Å². The predicted molar refractivity (Wildman–Crippen MR) is 93.3 cm³/mol. The highest BCUT2D eigenvalue weighted by molar-refractivity contribution is 6.31. The van der Waals surface area contributed by atoms with E-state index in [0.29, 0.717) is 37.8 Å². The molecule has 0 atom stereocenters. The third kappa shape index (κ3) is 3.86. The Kier molecular flexibility index (Phi) is 5.11. The fourth-order valence-corrected chi connectivity index (χ4v) is 2.73. The molecule has 0 aliphatic carbocycles. The number of pyridine rings is 1. The zero-order valence-electron chi connectivity index (χ0n) is 13.1. The summed E-state index contributed by atoms with van der Waals surface area (Å²) in [6.07, 6.45) is 1.63. The van der Waals surface area contributed by atoms with E-state index < -0.39 is 10.8 Å². The Morgan fingerprint density at radius 2 is 2.08 bits per heavy atom. The fourth-order valence-electron chi connectivity index (χ4n) is 2.56. The van der Waals surface area contributed by atoms with Crippen molar-refractivity contribution in [1.82, 2.24) is 4.98 Å². The van der Waals surface area contributed by atoms with E-state index in [0.717, 1.165) is 0 Å². The van der Waals surface area contributed by atoms with Gasteiger partial charge in [-0.15, -0.1) is 0 Å². The van der Waals surface area contributed by atoms with Crippen LogP contribution in [0, 0.1) is 10.1 Å². The maximum Gasteiger partial charge on any atom is 0.282 e. The van der Waals surface area contributed by atoms with E-state index in [2.05, 4.69) is 10.3 Å². The highest BCUT2D eigenvalue weighted by Gasteiger charge is 2.23. The van der Waals surface area contributed by atoms with Crippen LogP contribution < -0.4 is 10.2 Å². The van der Waals surface area contributed by atoms with Gasteiger partial charge in [0.1, 0.15) is 5.56 Å². The molecule has 3 rings (SSSR count). The maximum atomic E-state index is 12.6. The first-order valence-corrected chi connectivity index (χ1v) is 7.97. The molecule has 1 aliphatic rings. The van der Waals surface area contributed by atoms with Crippen LogP contribution in [0.4, 0.5) is 17.2 Å². The van der Waals surface area contributed by atoms with Crippen molar-refractivity contribution < 1.29 is 14.5 Å². The summed E-state index contributed by atoms with van der Waals surface area (Å²) >= 11 is 5.88. The van der Waals surface area contributed by atoms with E-state index in [1.807, 2.05) is 4.90 Å². The van der Waals surface area contributed by atoms with Crippen LogP contribution in [0.15, 0.2) is 36.5 Å². The third-order valence-corrected chi connectivity index (χ3v) is 3.98. The lowest BCUT2D eigenvalue weighted by atomic mass is 10.1. The van der Waals surface area contributed by atoms with Gasteiger partial charge in [-0.3, -0.25) is 14.9 Å². The number of morpholine rings is 1.